The van der Waals surface area contributed by atoms with E-state index < -0.39 is 5.97 Å². The van der Waals surface area contributed by atoms with Crippen LogP contribution >= 0.6 is 12.2 Å². The third-order valence-electron chi connectivity index (χ3n) is 3.97. The Hall–Kier alpha value is -1.42. The number of carboxylic acids is 1. The molecule has 1 aromatic rings. The van der Waals surface area contributed by atoms with Crippen LogP contribution in [0.2, 0.25) is 0 Å². The van der Waals surface area contributed by atoms with E-state index in [9.17, 15) is 4.79 Å². The van der Waals surface area contributed by atoms with Crippen LogP contribution in [0.15, 0.2) is 24.3 Å². The average Bonchev–Trinajstić information content (AvgIpc) is 2.39. The largest absolute Gasteiger partial charge is 0.496 e. The first-order valence-corrected chi connectivity index (χ1v) is 7.37. The van der Waals surface area contributed by atoms with Crippen molar-refractivity contribution in [1.29, 1.82) is 0 Å². The average molecular weight is 292 g/mol. The number of aryl methyl sites for hydroxylation is 1. The molecule has 4 heteroatoms. The minimum Gasteiger partial charge on any atom is -0.496 e. The molecule has 0 radical (unpaired) electrons. The molecule has 0 aromatic heterocycles. The Morgan fingerprint density at radius 2 is 2.10 bits per heavy atom. The van der Waals surface area contributed by atoms with E-state index in [0.717, 1.165) is 42.7 Å². The number of hydrogen-bond donors (Lipinski definition) is 1. The molecule has 2 rings (SSSR count). The number of benzene rings is 1. The maximum Gasteiger partial charge on any atom is 0.306 e. The summed E-state index contributed by atoms with van der Waals surface area (Å²) in [5.74, 6) is 0.573. The molecule has 1 aliphatic carbocycles. The first-order chi connectivity index (χ1) is 9.60. The molecular weight excluding hydrogens is 272 g/mol. The number of thiocarbonyl (C=S) groups is 1. The van der Waals surface area contributed by atoms with Crippen molar-refractivity contribution >= 4 is 23.1 Å². The number of rotatable bonds is 7. The Bertz CT molecular complexity index is 492. The molecule has 0 heterocycles. The van der Waals surface area contributed by atoms with E-state index in [1.807, 2.05) is 18.2 Å². The van der Waals surface area contributed by atoms with Gasteiger partial charge >= 0.3 is 5.97 Å². The Balaban J connectivity index is 1.74. The number of hydrogen-bond acceptors (Lipinski definition) is 3. The molecule has 0 aliphatic heterocycles. The van der Waals surface area contributed by atoms with Gasteiger partial charge in [0, 0.05) is 0 Å². The van der Waals surface area contributed by atoms with Gasteiger partial charge in [-0.3, -0.25) is 4.79 Å². The van der Waals surface area contributed by atoms with Gasteiger partial charge in [-0.15, -0.1) is 0 Å². The van der Waals surface area contributed by atoms with Gasteiger partial charge in [-0.2, -0.15) is 0 Å². The molecule has 0 atom stereocenters. The van der Waals surface area contributed by atoms with Crippen molar-refractivity contribution in [2.24, 2.45) is 11.8 Å². The van der Waals surface area contributed by atoms with E-state index in [-0.39, 0.29) is 5.92 Å². The first kappa shape index (κ1) is 15.0. The molecule has 1 N–H and O–H groups in total. The lowest BCUT2D eigenvalue weighted by molar-refractivity contribution is -0.146. The maximum atomic E-state index is 10.7. The van der Waals surface area contributed by atoms with Gasteiger partial charge in [0.1, 0.15) is 5.75 Å². The molecule has 0 saturated heterocycles. The van der Waals surface area contributed by atoms with Crippen molar-refractivity contribution in [3.05, 3.63) is 29.8 Å². The number of ether oxygens (including phenoxy) is 1. The monoisotopic (exact) mass is 292 g/mol. The van der Waals surface area contributed by atoms with Gasteiger partial charge in [-0.25, -0.2) is 0 Å². The third kappa shape index (κ3) is 3.79. The number of aliphatic carboxylic acids is 1. The van der Waals surface area contributed by atoms with Crippen LogP contribution in [0.1, 0.15) is 31.2 Å². The second kappa shape index (κ2) is 6.84. The Morgan fingerprint density at radius 1 is 1.40 bits per heavy atom. The van der Waals surface area contributed by atoms with E-state index in [1.165, 1.54) is 5.56 Å². The number of carbonyl (C=O) groups is 1. The molecule has 1 aliphatic rings. The molecule has 20 heavy (non-hydrogen) atoms. The van der Waals surface area contributed by atoms with Gasteiger partial charge in [0.15, 0.2) is 0 Å². The molecule has 3 nitrogen and oxygen atoms in total. The van der Waals surface area contributed by atoms with Crippen molar-refractivity contribution in [1.82, 2.24) is 0 Å². The van der Waals surface area contributed by atoms with Crippen molar-refractivity contribution in [2.45, 2.75) is 32.1 Å². The maximum absolute atomic E-state index is 10.7. The summed E-state index contributed by atoms with van der Waals surface area (Å²) in [6, 6.07) is 7.98. The van der Waals surface area contributed by atoms with Crippen LogP contribution in [0.3, 0.4) is 0 Å². The number of para-hydroxylation sites is 1. The molecule has 108 valence electrons. The van der Waals surface area contributed by atoms with Gasteiger partial charge in [-0.05, 0) is 54.5 Å². The molecule has 1 fully saturated rings. The predicted octanol–water partition coefficient (Wildman–Crippen LogP) is 3.50. The van der Waals surface area contributed by atoms with Crippen LogP contribution in [0.25, 0.3) is 0 Å². The second-order valence-electron chi connectivity index (χ2n) is 5.43. The molecule has 0 bridgehead atoms. The van der Waals surface area contributed by atoms with Gasteiger partial charge in [0.05, 0.1) is 13.0 Å². The van der Waals surface area contributed by atoms with Gasteiger partial charge in [0.2, 0.25) is 0 Å². The highest BCUT2D eigenvalue weighted by Crippen LogP contribution is 2.36. The molecule has 0 amide bonds. The van der Waals surface area contributed by atoms with Crippen LogP contribution in [0.5, 0.6) is 5.75 Å². The summed E-state index contributed by atoms with van der Waals surface area (Å²) in [5, 5.41) is 8.85. The zero-order valence-electron chi connectivity index (χ0n) is 11.7. The minimum absolute atomic E-state index is 0.142. The standard InChI is InChI=1S/C16H20O3S/c1-19-15-5-3-2-4-12(15)6-7-14(20)10-11-8-13(9-11)16(17)18/h2-5,11,13H,6-10H2,1H3,(H,17,18). The fourth-order valence-electron chi connectivity index (χ4n) is 2.71. The summed E-state index contributed by atoms with van der Waals surface area (Å²) in [7, 11) is 1.68. The van der Waals surface area contributed by atoms with E-state index in [0.29, 0.717) is 5.92 Å². The lowest BCUT2D eigenvalue weighted by atomic mass is 9.72. The fraction of sp³-hybridized carbons (Fsp3) is 0.500. The van der Waals surface area contributed by atoms with Crippen molar-refractivity contribution in [3.63, 3.8) is 0 Å². The summed E-state index contributed by atoms with van der Waals surface area (Å²) in [6.45, 7) is 0. The normalized spacial score (nSPS) is 21.1. The Kier molecular flexibility index (Phi) is 5.12. The highest BCUT2D eigenvalue weighted by atomic mass is 32.1. The van der Waals surface area contributed by atoms with Crippen molar-refractivity contribution in [2.75, 3.05) is 7.11 Å². The lowest BCUT2D eigenvalue weighted by Crippen LogP contribution is -2.31. The second-order valence-corrected chi connectivity index (χ2v) is 6.00. The first-order valence-electron chi connectivity index (χ1n) is 6.96. The molecule has 1 saturated carbocycles. The van der Waals surface area contributed by atoms with Gasteiger partial charge in [-0.1, -0.05) is 30.4 Å². The van der Waals surface area contributed by atoms with Crippen molar-refractivity contribution < 1.29 is 14.6 Å². The highest BCUT2D eigenvalue weighted by molar-refractivity contribution is 7.80. The van der Waals surface area contributed by atoms with Crippen LogP contribution in [0, 0.1) is 11.8 Å². The molecule has 0 unspecified atom stereocenters. The minimum atomic E-state index is -0.666. The van der Waals surface area contributed by atoms with E-state index in [4.69, 9.17) is 22.1 Å². The fourth-order valence-corrected chi connectivity index (χ4v) is 3.05. The summed E-state index contributed by atoms with van der Waals surface area (Å²) in [4.78, 5) is 11.8. The van der Waals surface area contributed by atoms with Gasteiger partial charge in [0.25, 0.3) is 0 Å². The Labute approximate surface area is 125 Å². The van der Waals surface area contributed by atoms with E-state index >= 15 is 0 Å². The predicted molar refractivity (Wildman–Crippen MR) is 82.4 cm³/mol. The van der Waals surface area contributed by atoms with Crippen LogP contribution in [0.4, 0.5) is 0 Å². The molecule has 1 aromatic carbocycles. The number of methoxy groups -OCH3 is 1. The Morgan fingerprint density at radius 3 is 2.75 bits per heavy atom. The van der Waals surface area contributed by atoms with E-state index in [1.54, 1.807) is 7.11 Å². The zero-order chi connectivity index (χ0) is 14.5. The summed E-state index contributed by atoms with van der Waals surface area (Å²) in [6.07, 6.45) is 4.20. The highest BCUT2D eigenvalue weighted by Gasteiger charge is 2.34. The lowest BCUT2D eigenvalue weighted by Gasteiger charge is -2.32. The van der Waals surface area contributed by atoms with Crippen molar-refractivity contribution in [3.8, 4) is 5.75 Å². The third-order valence-corrected chi connectivity index (χ3v) is 4.34. The smallest absolute Gasteiger partial charge is 0.306 e. The van der Waals surface area contributed by atoms with Crippen LogP contribution < -0.4 is 4.74 Å². The molecule has 0 spiro atoms. The summed E-state index contributed by atoms with van der Waals surface area (Å²) >= 11 is 5.43. The number of carboxylic acid groups (broad SMARTS) is 1. The SMILES string of the molecule is COc1ccccc1CCC(=S)CC1CC(C(=O)O)C1. The van der Waals surface area contributed by atoms with Crippen LogP contribution in [-0.2, 0) is 11.2 Å². The quantitative estimate of drug-likeness (QED) is 0.781. The topological polar surface area (TPSA) is 46.5 Å². The van der Waals surface area contributed by atoms with Gasteiger partial charge < -0.3 is 9.84 Å². The van der Waals surface area contributed by atoms with Crippen LogP contribution in [-0.4, -0.2) is 23.1 Å². The summed E-state index contributed by atoms with van der Waals surface area (Å²) in [5.41, 5.74) is 1.18. The zero-order valence-corrected chi connectivity index (χ0v) is 12.5. The van der Waals surface area contributed by atoms with E-state index in [2.05, 4.69) is 6.07 Å². The molecular formula is C16H20O3S. The summed E-state index contributed by atoms with van der Waals surface area (Å²) < 4.78 is 5.32.